The molecule has 27 heavy (non-hydrogen) atoms. The van der Waals surface area contributed by atoms with Gasteiger partial charge in [-0.2, -0.15) is 0 Å². The number of unbranched alkanes of at least 4 members (excludes halogenated alkanes) is 1. The quantitative estimate of drug-likeness (QED) is 0.523. The van der Waals surface area contributed by atoms with Crippen LogP contribution < -0.4 is 0 Å². The second kappa shape index (κ2) is 9.22. The lowest BCUT2D eigenvalue weighted by Crippen LogP contribution is -2.28. The predicted octanol–water partition coefficient (Wildman–Crippen LogP) is 4.47. The smallest absolute Gasteiger partial charge is 0.306 e. The molecule has 4 aliphatic rings. The van der Waals surface area contributed by atoms with Crippen LogP contribution in [-0.4, -0.2) is 35.6 Å². The molecule has 1 N–H and O–H groups in total. The highest BCUT2D eigenvalue weighted by Gasteiger charge is 2.55. The lowest BCUT2D eigenvalue weighted by atomic mass is 9.88. The summed E-state index contributed by atoms with van der Waals surface area (Å²) in [5.74, 6) is 0.0548. The van der Waals surface area contributed by atoms with E-state index in [2.05, 4.69) is 13.8 Å². The van der Waals surface area contributed by atoms with Crippen LogP contribution in [0.2, 0.25) is 0 Å². The normalized spacial score (nSPS) is 37.4. The maximum Gasteiger partial charge on any atom is 0.306 e. The number of carbonyl (C=O) groups is 1. The van der Waals surface area contributed by atoms with Gasteiger partial charge in [0.25, 0.3) is 0 Å². The fourth-order valence-corrected chi connectivity index (χ4v) is 4.65. The van der Waals surface area contributed by atoms with E-state index in [9.17, 15) is 14.3 Å². The molecule has 2 fully saturated rings. The molecule has 0 unspecified atom stereocenters. The maximum absolute atomic E-state index is 15.0. The van der Waals surface area contributed by atoms with Crippen LogP contribution in [0, 0.1) is 17.8 Å². The summed E-state index contributed by atoms with van der Waals surface area (Å²) in [6, 6.07) is 0. The molecular formula is C22H33FO4. The van der Waals surface area contributed by atoms with Gasteiger partial charge in [0.2, 0.25) is 0 Å². The van der Waals surface area contributed by atoms with Gasteiger partial charge in [-0.15, -0.1) is 0 Å². The van der Waals surface area contributed by atoms with E-state index in [1.807, 2.05) is 6.08 Å². The minimum absolute atomic E-state index is 0.222. The van der Waals surface area contributed by atoms with Crippen molar-refractivity contribution in [2.75, 3.05) is 0 Å². The molecule has 4 bridgehead atoms. The highest BCUT2D eigenvalue weighted by Crippen LogP contribution is 2.48. The first-order chi connectivity index (χ1) is 13.0. The number of aliphatic hydroxyl groups is 1. The fraction of sp³-hybridized carbons (Fsp3) is 0.773. The van der Waals surface area contributed by atoms with Crippen molar-refractivity contribution >= 4 is 5.97 Å². The van der Waals surface area contributed by atoms with Crippen LogP contribution in [0.1, 0.15) is 65.2 Å². The first kappa shape index (κ1) is 20.4. The van der Waals surface area contributed by atoms with Crippen LogP contribution in [0.3, 0.4) is 0 Å². The molecule has 5 heteroatoms. The van der Waals surface area contributed by atoms with Crippen LogP contribution in [0.4, 0.5) is 4.39 Å². The van der Waals surface area contributed by atoms with Gasteiger partial charge in [-0.05, 0) is 31.3 Å². The number of rotatable bonds is 7. The molecular weight excluding hydrogens is 347 g/mol. The van der Waals surface area contributed by atoms with Gasteiger partial charge in [0.1, 0.15) is 18.0 Å². The van der Waals surface area contributed by atoms with Gasteiger partial charge in [0.15, 0.2) is 6.17 Å². The zero-order valence-corrected chi connectivity index (χ0v) is 16.5. The number of fused-ring (bicyclic) bond motifs is 5. The van der Waals surface area contributed by atoms with Gasteiger partial charge >= 0.3 is 5.97 Å². The Labute approximate surface area is 161 Å². The van der Waals surface area contributed by atoms with Gasteiger partial charge in [0.05, 0.1) is 6.10 Å². The molecule has 7 atom stereocenters. The molecule has 4 rings (SSSR count). The number of halogens is 1. The van der Waals surface area contributed by atoms with Crippen LogP contribution in [0.15, 0.2) is 24.0 Å². The van der Waals surface area contributed by atoms with Gasteiger partial charge in [-0.3, -0.25) is 4.79 Å². The largest absolute Gasteiger partial charge is 0.491 e. The Balaban J connectivity index is 1.70. The van der Waals surface area contributed by atoms with Crippen molar-refractivity contribution in [3.8, 4) is 0 Å². The molecule has 4 nitrogen and oxygen atoms in total. The van der Waals surface area contributed by atoms with Crippen molar-refractivity contribution < 1.29 is 23.8 Å². The molecule has 0 aromatic heterocycles. The van der Waals surface area contributed by atoms with Gasteiger partial charge in [-0.25, -0.2) is 4.39 Å². The second-order valence-corrected chi connectivity index (χ2v) is 8.41. The van der Waals surface area contributed by atoms with Crippen LogP contribution in [0.5, 0.6) is 0 Å². The van der Waals surface area contributed by atoms with Crippen LogP contribution in [0.25, 0.3) is 0 Å². The molecule has 0 aromatic rings. The van der Waals surface area contributed by atoms with Gasteiger partial charge in [-0.1, -0.05) is 45.3 Å². The number of alkyl halides is 1. The van der Waals surface area contributed by atoms with Crippen molar-refractivity contribution in [2.24, 2.45) is 17.8 Å². The molecule has 0 aromatic carbocycles. The fourth-order valence-electron chi connectivity index (χ4n) is 4.65. The van der Waals surface area contributed by atoms with Gasteiger partial charge < -0.3 is 14.6 Å². The van der Waals surface area contributed by atoms with E-state index in [0.29, 0.717) is 43.8 Å². The third-order valence-electron chi connectivity index (χ3n) is 6.13. The Hall–Kier alpha value is -1.36. The van der Waals surface area contributed by atoms with E-state index in [1.165, 1.54) is 0 Å². The predicted molar refractivity (Wildman–Crippen MR) is 102 cm³/mol. The molecule has 152 valence electrons. The van der Waals surface area contributed by atoms with E-state index in [1.54, 1.807) is 12.2 Å². The van der Waals surface area contributed by atoms with Gasteiger partial charge in [0, 0.05) is 24.7 Å². The van der Waals surface area contributed by atoms with E-state index >= 15 is 0 Å². The lowest BCUT2D eigenvalue weighted by molar-refractivity contribution is -0.150. The lowest BCUT2D eigenvalue weighted by Gasteiger charge is -2.22. The van der Waals surface area contributed by atoms with Crippen molar-refractivity contribution in [3.63, 3.8) is 0 Å². The average molecular weight is 381 g/mol. The summed E-state index contributed by atoms with van der Waals surface area (Å²) in [7, 11) is 0. The summed E-state index contributed by atoms with van der Waals surface area (Å²) in [5, 5.41) is 10.4. The van der Waals surface area contributed by atoms with E-state index in [-0.39, 0.29) is 30.0 Å². The zero-order valence-electron chi connectivity index (χ0n) is 16.5. The number of carbonyl (C=O) groups excluding carboxylic acids is 1. The standard InChI is InChI=1S/C22H33FO4/c1-3-4-7-14(2)12-15(24)10-11-16-18-13-19-21(16)22(23)17(26-19)8-5-6-9-20(25)27-18/h8,10-11,14-16,18-19,21-22,24H,3-7,9,12-13H2,1-2H3/b11-10+,17-8-/t14-,15+,16-,18+,19-,21+,22-/m0/s1. The van der Waals surface area contributed by atoms with Crippen LogP contribution in [-0.2, 0) is 14.3 Å². The monoisotopic (exact) mass is 380 g/mol. The Morgan fingerprint density at radius 2 is 2.19 bits per heavy atom. The minimum atomic E-state index is -1.16. The molecule has 3 aliphatic heterocycles. The minimum Gasteiger partial charge on any atom is -0.491 e. The number of esters is 1. The summed E-state index contributed by atoms with van der Waals surface area (Å²) in [6.45, 7) is 4.32. The molecule has 0 amide bonds. The number of hydrogen-bond acceptors (Lipinski definition) is 4. The summed E-state index contributed by atoms with van der Waals surface area (Å²) in [5.41, 5.74) is 0. The second-order valence-electron chi connectivity index (χ2n) is 8.41. The topological polar surface area (TPSA) is 55.8 Å². The highest BCUT2D eigenvalue weighted by atomic mass is 19.1. The Bertz CT molecular complexity index is 573. The molecule has 1 aliphatic carbocycles. The third-order valence-corrected chi connectivity index (χ3v) is 6.13. The zero-order chi connectivity index (χ0) is 19.4. The summed E-state index contributed by atoms with van der Waals surface area (Å²) < 4.78 is 26.5. The summed E-state index contributed by atoms with van der Waals surface area (Å²) >= 11 is 0. The van der Waals surface area contributed by atoms with Crippen LogP contribution >= 0.6 is 0 Å². The summed E-state index contributed by atoms with van der Waals surface area (Å²) in [6.07, 6.45) is 9.36. The number of hydrogen-bond donors (Lipinski definition) is 1. The average Bonchev–Trinajstić information content (AvgIpc) is 3.09. The van der Waals surface area contributed by atoms with E-state index in [4.69, 9.17) is 9.47 Å². The molecule has 0 spiro atoms. The Morgan fingerprint density at radius 3 is 2.96 bits per heavy atom. The highest BCUT2D eigenvalue weighted by molar-refractivity contribution is 5.69. The first-order valence-electron chi connectivity index (χ1n) is 10.6. The third kappa shape index (κ3) is 4.92. The van der Waals surface area contributed by atoms with Crippen molar-refractivity contribution in [3.05, 3.63) is 24.0 Å². The SMILES string of the molecule is CCCC[C@H](C)C[C@H](O)/C=C/[C@@H]1[C@@H]2[C@@H]3C[C@H]1OC(=O)CCC/C=C(\O3)[C@@H]2F. The van der Waals surface area contributed by atoms with Crippen molar-refractivity contribution in [1.29, 1.82) is 0 Å². The summed E-state index contributed by atoms with van der Waals surface area (Å²) in [4.78, 5) is 12.1. The van der Waals surface area contributed by atoms with Crippen molar-refractivity contribution in [2.45, 2.75) is 89.7 Å². The Kier molecular flexibility index (Phi) is 6.96. The number of ether oxygens (including phenoxy) is 2. The number of aliphatic hydroxyl groups excluding tert-OH is 1. The van der Waals surface area contributed by atoms with E-state index in [0.717, 1.165) is 19.3 Å². The van der Waals surface area contributed by atoms with Crippen molar-refractivity contribution in [1.82, 2.24) is 0 Å². The Morgan fingerprint density at radius 1 is 1.37 bits per heavy atom. The molecule has 1 saturated heterocycles. The molecule has 0 radical (unpaired) electrons. The first-order valence-corrected chi connectivity index (χ1v) is 10.6. The maximum atomic E-state index is 15.0. The van der Waals surface area contributed by atoms with E-state index < -0.39 is 12.3 Å². The molecule has 1 saturated carbocycles. The number of allylic oxidation sites excluding steroid dienone is 2. The molecule has 3 heterocycles.